The molecular formula is C14H20N2O3. The molecule has 1 atom stereocenters. The summed E-state index contributed by atoms with van der Waals surface area (Å²) < 4.78 is 0. The highest BCUT2D eigenvalue weighted by atomic mass is 16.4. The van der Waals surface area contributed by atoms with E-state index in [-0.39, 0.29) is 12.5 Å². The predicted octanol–water partition coefficient (Wildman–Crippen LogP) is 1.93. The van der Waals surface area contributed by atoms with Crippen molar-refractivity contribution >= 4 is 11.9 Å². The topological polar surface area (TPSA) is 70.5 Å². The Morgan fingerprint density at radius 1 is 1.37 bits per heavy atom. The van der Waals surface area contributed by atoms with E-state index in [4.69, 9.17) is 5.11 Å². The highest BCUT2D eigenvalue weighted by Crippen LogP contribution is 2.10. The Kier molecular flexibility index (Phi) is 5.99. The third kappa shape index (κ3) is 5.07. The first-order chi connectivity index (χ1) is 9.04. The second-order valence-electron chi connectivity index (χ2n) is 4.62. The fraction of sp³-hybridized carbons (Fsp3) is 0.500. The molecule has 1 aromatic rings. The van der Waals surface area contributed by atoms with E-state index in [0.29, 0.717) is 13.0 Å². The quantitative estimate of drug-likeness (QED) is 0.817. The summed E-state index contributed by atoms with van der Waals surface area (Å²) in [7, 11) is 0. The lowest BCUT2D eigenvalue weighted by molar-refractivity contribution is -0.143. The summed E-state index contributed by atoms with van der Waals surface area (Å²) in [6, 6.07) is 3.66. The smallest absolute Gasteiger partial charge is 0.308 e. The van der Waals surface area contributed by atoms with Crippen LogP contribution >= 0.6 is 0 Å². The second kappa shape index (κ2) is 7.51. The molecule has 0 fully saturated rings. The van der Waals surface area contributed by atoms with Crippen LogP contribution in [-0.2, 0) is 16.1 Å². The van der Waals surface area contributed by atoms with Gasteiger partial charge in [-0.1, -0.05) is 13.8 Å². The standard InChI is InChI=1S/C14H20N2O3/c1-3-4-13(17)16(9-11(2)14(18)19)10-12-5-7-15-8-6-12/h5-8,11H,3-4,9-10H2,1-2H3,(H,18,19). The van der Waals surface area contributed by atoms with Crippen LogP contribution in [0.15, 0.2) is 24.5 Å². The Morgan fingerprint density at radius 2 is 2.00 bits per heavy atom. The normalized spacial score (nSPS) is 11.9. The molecule has 1 unspecified atom stereocenters. The average molecular weight is 264 g/mol. The number of carboxylic acid groups (broad SMARTS) is 1. The largest absolute Gasteiger partial charge is 0.481 e. The van der Waals surface area contributed by atoms with E-state index in [0.717, 1.165) is 12.0 Å². The zero-order chi connectivity index (χ0) is 14.3. The molecule has 0 aliphatic rings. The Bertz CT molecular complexity index is 420. The molecule has 0 aliphatic carbocycles. The summed E-state index contributed by atoms with van der Waals surface area (Å²) >= 11 is 0. The summed E-state index contributed by atoms with van der Waals surface area (Å²) in [5.41, 5.74) is 0.956. The van der Waals surface area contributed by atoms with Gasteiger partial charge in [0, 0.05) is 31.9 Å². The number of amides is 1. The molecule has 1 aromatic heterocycles. The number of carboxylic acids is 1. The van der Waals surface area contributed by atoms with Crippen molar-refractivity contribution in [2.24, 2.45) is 5.92 Å². The number of aliphatic carboxylic acids is 1. The first-order valence-electron chi connectivity index (χ1n) is 6.44. The third-order valence-corrected chi connectivity index (χ3v) is 2.86. The molecule has 0 radical (unpaired) electrons. The van der Waals surface area contributed by atoms with E-state index in [2.05, 4.69) is 4.98 Å². The fourth-order valence-corrected chi connectivity index (χ4v) is 1.74. The molecule has 0 saturated carbocycles. The molecule has 0 spiro atoms. The molecular weight excluding hydrogens is 244 g/mol. The van der Waals surface area contributed by atoms with Gasteiger partial charge in [-0.15, -0.1) is 0 Å². The van der Waals surface area contributed by atoms with E-state index >= 15 is 0 Å². The molecule has 19 heavy (non-hydrogen) atoms. The van der Waals surface area contributed by atoms with Gasteiger partial charge in [-0.05, 0) is 24.1 Å². The number of hydrogen-bond donors (Lipinski definition) is 1. The molecule has 1 N–H and O–H groups in total. The van der Waals surface area contributed by atoms with Crippen LogP contribution in [0.25, 0.3) is 0 Å². The van der Waals surface area contributed by atoms with Gasteiger partial charge in [-0.3, -0.25) is 14.6 Å². The lowest BCUT2D eigenvalue weighted by Gasteiger charge is -2.24. The second-order valence-corrected chi connectivity index (χ2v) is 4.62. The van der Waals surface area contributed by atoms with Crippen LogP contribution < -0.4 is 0 Å². The first kappa shape index (κ1) is 15.1. The van der Waals surface area contributed by atoms with Crippen molar-refractivity contribution in [2.75, 3.05) is 6.54 Å². The number of rotatable bonds is 7. The van der Waals surface area contributed by atoms with Crippen molar-refractivity contribution in [3.63, 3.8) is 0 Å². The molecule has 5 nitrogen and oxygen atoms in total. The minimum Gasteiger partial charge on any atom is -0.481 e. The van der Waals surface area contributed by atoms with E-state index in [1.165, 1.54) is 0 Å². The maximum absolute atomic E-state index is 12.0. The molecule has 1 heterocycles. The lowest BCUT2D eigenvalue weighted by Crippen LogP contribution is -2.36. The Labute approximate surface area is 113 Å². The van der Waals surface area contributed by atoms with E-state index in [9.17, 15) is 9.59 Å². The summed E-state index contributed by atoms with van der Waals surface area (Å²) in [5.74, 6) is -1.46. The van der Waals surface area contributed by atoms with Gasteiger partial charge in [0.15, 0.2) is 0 Å². The highest BCUT2D eigenvalue weighted by Gasteiger charge is 2.20. The zero-order valence-electron chi connectivity index (χ0n) is 11.4. The molecule has 0 aliphatic heterocycles. The summed E-state index contributed by atoms with van der Waals surface area (Å²) in [4.78, 5) is 28.5. The van der Waals surface area contributed by atoms with Crippen LogP contribution in [0.4, 0.5) is 0 Å². The van der Waals surface area contributed by atoms with Crippen molar-refractivity contribution in [1.82, 2.24) is 9.88 Å². The zero-order valence-corrected chi connectivity index (χ0v) is 11.4. The summed E-state index contributed by atoms with van der Waals surface area (Å²) in [6.45, 7) is 4.21. The van der Waals surface area contributed by atoms with Gasteiger partial charge in [-0.25, -0.2) is 0 Å². The van der Waals surface area contributed by atoms with E-state index < -0.39 is 11.9 Å². The van der Waals surface area contributed by atoms with Crippen LogP contribution in [0.1, 0.15) is 32.3 Å². The van der Waals surface area contributed by atoms with Gasteiger partial charge in [0.25, 0.3) is 0 Å². The number of nitrogens with zero attached hydrogens (tertiary/aromatic N) is 2. The highest BCUT2D eigenvalue weighted by molar-refractivity contribution is 5.77. The van der Waals surface area contributed by atoms with Gasteiger partial charge in [0.1, 0.15) is 0 Å². The molecule has 0 bridgehead atoms. The minimum absolute atomic E-state index is 0.00703. The Hall–Kier alpha value is -1.91. The van der Waals surface area contributed by atoms with E-state index in [1.807, 2.05) is 19.1 Å². The third-order valence-electron chi connectivity index (χ3n) is 2.86. The van der Waals surface area contributed by atoms with E-state index in [1.54, 1.807) is 24.2 Å². The average Bonchev–Trinajstić information content (AvgIpc) is 2.39. The molecule has 1 amide bonds. The van der Waals surface area contributed by atoms with Crippen LogP contribution in [0.3, 0.4) is 0 Å². The van der Waals surface area contributed by atoms with Gasteiger partial charge in [-0.2, -0.15) is 0 Å². The SMILES string of the molecule is CCCC(=O)N(Cc1ccncc1)CC(C)C(=O)O. The maximum Gasteiger partial charge on any atom is 0.308 e. The van der Waals surface area contributed by atoms with Crippen LogP contribution in [0.5, 0.6) is 0 Å². The molecule has 0 saturated heterocycles. The Balaban J connectivity index is 2.74. The Morgan fingerprint density at radius 3 is 2.53 bits per heavy atom. The molecule has 5 heteroatoms. The van der Waals surface area contributed by atoms with Crippen molar-refractivity contribution in [1.29, 1.82) is 0 Å². The van der Waals surface area contributed by atoms with Crippen molar-refractivity contribution in [2.45, 2.75) is 33.2 Å². The number of carbonyl (C=O) groups excluding carboxylic acids is 1. The maximum atomic E-state index is 12.0. The first-order valence-corrected chi connectivity index (χ1v) is 6.44. The number of carbonyl (C=O) groups is 2. The summed E-state index contributed by atoms with van der Waals surface area (Å²) in [5, 5.41) is 8.96. The van der Waals surface area contributed by atoms with Crippen LogP contribution in [0, 0.1) is 5.92 Å². The van der Waals surface area contributed by atoms with Crippen LogP contribution in [-0.4, -0.2) is 33.4 Å². The monoisotopic (exact) mass is 264 g/mol. The fourth-order valence-electron chi connectivity index (χ4n) is 1.74. The number of aromatic nitrogens is 1. The van der Waals surface area contributed by atoms with Gasteiger partial charge >= 0.3 is 5.97 Å². The van der Waals surface area contributed by atoms with Crippen LogP contribution in [0.2, 0.25) is 0 Å². The number of hydrogen-bond acceptors (Lipinski definition) is 3. The molecule has 0 aromatic carbocycles. The number of pyridine rings is 1. The van der Waals surface area contributed by atoms with Gasteiger partial charge in [0.05, 0.1) is 5.92 Å². The predicted molar refractivity (Wildman–Crippen MR) is 71.4 cm³/mol. The van der Waals surface area contributed by atoms with Crippen molar-refractivity contribution in [3.05, 3.63) is 30.1 Å². The summed E-state index contributed by atoms with van der Waals surface area (Å²) in [6.07, 6.45) is 4.53. The molecule has 104 valence electrons. The lowest BCUT2D eigenvalue weighted by atomic mass is 10.1. The van der Waals surface area contributed by atoms with Gasteiger partial charge in [0.2, 0.25) is 5.91 Å². The van der Waals surface area contributed by atoms with Crippen molar-refractivity contribution in [3.8, 4) is 0 Å². The van der Waals surface area contributed by atoms with Gasteiger partial charge < -0.3 is 10.0 Å². The minimum atomic E-state index is -0.885. The van der Waals surface area contributed by atoms with Crippen molar-refractivity contribution < 1.29 is 14.7 Å². The molecule has 1 rings (SSSR count).